The number of fused-ring (bicyclic) bond motifs is 7. The van der Waals surface area contributed by atoms with Gasteiger partial charge in [0.25, 0.3) is 6.71 Å². The fraction of sp³-hybridized carbons (Fsp3) is 0.398. The molecule has 0 unspecified atom stereocenters. The molecule has 3 aliphatic rings. The first-order valence-corrected chi connectivity index (χ1v) is 33.5. The van der Waals surface area contributed by atoms with Crippen LogP contribution < -0.4 is 30.4 Å². The van der Waals surface area contributed by atoms with E-state index in [1.165, 1.54) is 128 Å². The molecule has 5 heteroatoms. The van der Waals surface area contributed by atoms with Crippen LogP contribution in [0.1, 0.15) is 215 Å². The van der Waals surface area contributed by atoms with E-state index >= 15 is 0 Å². The number of aryl methyl sites for hydroxylation is 1. The number of hydrogen-bond donors (Lipinski definition) is 0. The van der Waals surface area contributed by atoms with E-state index in [4.69, 9.17) is 0 Å². The van der Waals surface area contributed by atoms with Gasteiger partial charge in [-0.15, -0.1) is 11.3 Å². The van der Waals surface area contributed by atoms with Crippen LogP contribution in [0.5, 0.6) is 0 Å². The largest absolute Gasteiger partial charge is 0.311 e. The summed E-state index contributed by atoms with van der Waals surface area (Å²) in [5, 5.41) is 1.32. The van der Waals surface area contributed by atoms with Crippen molar-refractivity contribution < 1.29 is 0 Å². The lowest BCUT2D eigenvalue weighted by Crippen LogP contribution is -2.60. The van der Waals surface area contributed by atoms with Crippen LogP contribution in [0.2, 0.25) is 0 Å². The van der Waals surface area contributed by atoms with Crippen LogP contribution in [0.15, 0.2) is 152 Å². The Morgan fingerprint density at radius 3 is 1.42 bits per heavy atom. The third-order valence-corrected chi connectivity index (χ3v) is 21.3. The molecule has 9 aromatic rings. The van der Waals surface area contributed by atoms with Crippen LogP contribution >= 0.6 is 11.3 Å². The molecule has 0 saturated carbocycles. The van der Waals surface area contributed by atoms with E-state index in [2.05, 4.69) is 326 Å². The van der Waals surface area contributed by atoms with Crippen molar-refractivity contribution in [1.29, 1.82) is 0 Å². The van der Waals surface area contributed by atoms with Gasteiger partial charge in [0.1, 0.15) is 0 Å². The molecule has 0 N–H and O–H groups in total. The number of anilines is 9. The maximum atomic E-state index is 2.71. The summed E-state index contributed by atoms with van der Waals surface area (Å²) in [6.07, 6.45) is 2.33. The Kier molecular flexibility index (Phi) is 14.4. The first-order valence-electron chi connectivity index (χ1n) is 32.7. The summed E-state index contributed by atoms with van der Waals surface area (Å²) in [5.74, 6) is 0. The number of hydrogen-bond acceptors (Lipinski definition) is 4. The van der Waals surface area contributed by atoms with E-state index < -0.39 is 0 Å². The molecule has 0 bridgehead atoms. The van der Waals surface area contributed by atoms with E-state index in [9.17, 15) is 0 Å². The molecule has 3 heterocycles. The van der Waals surface area contributed by atoms with Crippen molar-refractivity contribution in [3.05, 3.63) is 202 Å². The highest BCUT2D eigenvalue weighted by molar-refractivity contribution is 7.33. The molecule has 0 atom stereocenters. The zero-order valence-electron chi connectivity index (χ0n) is 57.7. The summed E-state index contributed by atoms with van der Waals surface area (Å²) >= 11 is 2.01. The minimum Gasteiger partial charge on any atom is -0.311 e. The smallest absolute Gasteiger partial charge is 0.264 e. The molecule has 0 spiro atoms. The van der Waals surface area contributed by atoms with Crippen LogP contribution in [0, 0.1) is 6.92 Å². The maximum Gasteiger partial charge on any atom is 0.264 e. The van der Waals surface area contributed by atoms with E-state index in [-0.39, 0.29) is 50.0 Å². The van der Waals surface area contributed by atoms with Gasteiger partial charge >= 0.3 is 0 Å². The highest BCUT2D eigenvalue weighted by Crippen LogP contribution is 2.54. The molecule has 0 radical (unpaired) electrons. The lowest BCUT2D eigenvalue weighted by Gasteiger charge is -2.45. The van der Waals surface area contributed by atoms with Crippen molar-refractivity contribution in [1.82, 2.24) is 0 Å². The van der Waals surface area contributed by atoms with E-state index in [0.717, 1.165) is 23.5 Å². The van der Waals surface area contributed by atoms with Crippen molar-refractivity contribution in [3.8, 4) is 11.1 Å². The Balaban J connectivity index is 1.21. The highest BCUT2D eigenvalue weighted by atomic mass is 32.1. The Labute approximate surface area is 534 Å². The topological polar surface area (TPSA) is 9.72 Å². The zero-order chi connectivity index (χ0) is 63.5. The Bertz CT molecular complexity index is 4130. The first kappa shape index (κ1) is 61.4. The predicted octanol–water partition coefficient (Wildman–Crippen LogP) is 22.6. The van der Waals surface area contributed by atoms with Crippen molar-refractivity contribution in [2.24, 2.45) is 0 Å². The molecule has 0 fully saturated rings. The van der Waals surface area contributed by atoms with Crippen molar-refractivity contribution in [2.45, 2.75) is 215 Å². The Morgan fingerprint density at radius 2 is 0.886 bits per heavy atom. The van der Waals surface area contributed by atoms with Gasteiger partial charge in [0.15, 0.2) is 0 Å². The standard InChI is InChI=1S/C83H98BN3S/c1-51-42-70-73-71(43-51)87(68-39-29-55(78(8,9)10)47-64(68)52-44-57(80(14,15)16)46-58(45-52)81(17,18)19)69-50-62(85(59-30-24-53(25-31-59)76(2,3)4)60-32-26-54(27-33-60)77(5,6)7)35-38-67(69)84(73)75-74(63-36-28-56(79(11,12)13)48-72(63)88-75)86(70)61-34-37-65-66(49-61)83(22,23)41-40-82(65,20)21/h24-39,42-50H,40-41H2,1-23H3. The Morgan fingerprint density at radius 1 is 0.409 bits per heavy atom. The molecule has 1 aromatic heterocycles. The lowest BCUT2D eigenvalue weighted by atomic mass is 9.36. The lowest BCUT2D eigenvalue weighted by molar-refractivity contribution is 0.332. The van der Waals surface area contributed by atoms with Gasteiger partial charge in [0, 0.05) is 60.2 Å². The van der Waals surface area contributed by atoms with Crippen LogP contribution in [0.4, 0.5) is 51.2 Å². The van der Waals surface area contributed by atoms with Gasteiger partial charge in [-0.05, 0) is 209 Å². The molecular formula is C83H98BN3S. The summed E-state index contributed by atoms with van der Waals surface area (Å²) in [4.78, 5) is 7.92. The number of benzene rings is 8. The maximum absolute atomic E-state index is 2.71. The number of rotatable bonds is 6. The molecule has 0 saturated heterocycles. The van der Waals surface area contributed by atoms with Crippen molar-refractivity contribution in [2.75, 3.05) is 14.7 Å². The summed E-state index contributed by atoms with van der Waals surface area (Å²) in [5.41, 5.74) is 28.1. The third-order valence-electron chi connectivity index (χ3n) is 20.1. The molecule has 8 aromatic carbocycles. The average molecular weight is 1180 g/mol. The minimum absolute atomic E-state index is 0.0108. The van der Waals surface area contributed by atoms with Gasteiger partial charge in [-0.25, -0.2) is 0 Å². The second kappa shape index (κ2) is 20.6. The van der Waals surface area contributed by atoms with Crippen LogP contribution in [-0.4, -0.2) is 6.71 Å². The second-order valence-corrected chi connectivity index (χ2v) is 35.1. The zero-order valence-corrected chi connectivity index (χ0v) is 58.5. The molecule has 88 heavy (non-hydrogen) atoms. The number of nitrogens with zero attached hydrogens (tertiary/aromatic N) is 3. The fourth-order valence-electron chi connectivity index (χ4n) is 14.2. The summed E-state index contributed by atoms with van der Waals surface area (Å²) in [6, 6.07) is 61.1. The van der Waals surface area contributed by atoms with Crippen molar-refractivity contribution in [3.63, 3.8) is 0 Å². The van der Waals surface area contributed by atoms with E-state index in [0.29, 0.717) is 0 Å². The molecule has 3 nitrogen and oxygen atoms in total. The van der Waals surface area contributed by atoms with Gasteiger partial charge in [-0.2, -0.15) is 0 Å². The summed E-state index contributed by atoms with van der Waals surface area (Å²) in [7, 11) is 0. The van der Waals surface area contributed by atoms with Gasteiger partial charge in [-0.3, -0.25) is 0 Å². The highest BCUT2D eigenvalue weighted by Gasteiger charge is 2.47. The average Bonchev–Trinajstić information content (AvgIpc) is 1.23. The molecule has 12 rings (SSSR count). The molecule has 454 valence electrons. The SMILES string of the molecule is Cc1cc2c3c(c1)N(c1ccc4c(c1)C(C)(C)CCC4(C)C)c1c(sc4cc(C(C)(C)C)ccc14)B3c1ccc(N(c3ccc(C(C)(C)C)cc3)c3ccc(C(C)(C)C)cc3)cc1N2c1ccc(C(C)(C)C)cc1-c1cc(C(C)(C)C)cc(C(C)(C)C)c1. The molecule has 1 aliphatic carbocycles. The second-order valence-electron chi connectivity index (χ2n) is 34.0. The Hall–Kier alpha value is -6.82. The minimum atomic E-state index is -0.0997. The van der Waals surface area contributed by atoms with Gasteiger partial charge in [-0.1, -0.05) is 225 Å². The fourth-order valence-corrected chi connectivity index (χ4v) is 15.6. The van der Waals surface area contributed by atoms with E-state index in [1.54, 1.807) is 0 Å². The van der Waals surface area contributed by atoms with Gasteiger partial charge < -0.3 is 14.7 Å². The monoisotopic (exact) mass is 1180 g/mol. The molecule has 2 aliphatic heterocycles. The van der Waals surface area contributed by atoms with Gasteiger partial charge in [0.2, 0.25) is 0 Å². The quantitative estimate of drug-likeness (QED) is 0.154. The van der Waals surface area contributed by atoms with Crippen LogP contribution in [0.25, 0.3) is 21.2 Å². The van der Waals surface area contributed by atoms with E-state index in [1.807, 2.05) is 11.3 Å². The summed E-state index contributed by atoms with van der Waals surface area (Å²) in [6.45, 7) is 54.4. The third kappa shape index (κ3) is 10.8. The molecule has 0 amide bonds. The summed E-state index contributed by atoms with van der Waals surface area (Å²) < 4.78 is 2.73. The number of thiophene rings is 1. The molecular weight excluding hydrogens is 1080 g/mol. The normalized spacial score (nSPS) is 15.7. The van der Waals surface area contributed by atoms with Crippen LogP contribution in [-0.2, 0) is 43.3 Å². The first-order chi connectivity index (χ1) is 40.8. The predicted molar refractivity (Wildman–Crippen MR) is 388 cm³/mol. The van der Waals surface area contributed by atoms with Crippen molar-refractivity contribution >= 4 is 95.0 Å². The van der Waals surface area contributed by atoms with Gasteiger partial charge in [0.05, 0.1) is 11.4 Å². The van der Waals surface area contributed by atoms with Crippen LogP contribution in [0.3, 0.4) is 0 Å².